The van der Waals surface area contributed by atoms with Gasteiger partial charge in [0.15, 0.2) is 0 Å². The Labute approximate surface area is 123 Å². The van der Waals surface area contributed by atoms with Crippen molar-refractivity contribution >= 4 is 17.8 Å². The number of hydrazine groups is 1. The third kappa shape index (κ3) is 4.87. The minimum absolute atomic E-state index is 0.00904. The van der Waals surface area contributed by atoms with Gasteiger partial charge in [0.2, 0.25) is 5.91 Å². The van der Waals surface area contributed by atoms with E-state index in [4.69, 9.17) is 4.74 Å². The molecule has 7 nitrogen and oxygen atoms in total. The van der Waals surface area contributed by atoms with Crippen LogP contribution in [0.15, 0.2) is 18.2 Å². The number of nitrogens with zero attached hydrogens (tertiary/aromatic N) is 1. The first-order valence-electron chi connectivity index (χ1n) is 6.50. The Hall–Kier alpha value is -2.44. The highest BCUT2D eigenvalue weighted by Gasteiger charge is 2.22. The fraction of sp³-hybridized carbons (Fsp3) is 0.429. The van der Waals surface area contributed by atoms with Crippen LogP contribution in [-0.2, 0) is 9.53 Å². The second-order valence-corrected chi connectivity index (χ2v) is 5.29. The van der Waals surface area contributed by atoms with E-state index in [9.17, 15) is 14.4 Å². The van der Waals surface area contributed by atoms with Crippen LogP contribution in [0.2, 0.25) is 0 Å². The number of rotatable bonds is 3. The summed E-state index contributed by atoms with van der Waals surface area (Å²) in [4.78, 5) is 38.9. The summed E-state index contributed by atoms with van der Waals surface area (Å²) in [6, 6.07) is 4.39. The topological polar surface area (TPSA) is 97.4 Å². The Bertz CT molecular complexity index is 549. The Kier molecular flexibility index (Phi) is 5.40. The molecule has 0 aliphatic carbocycles. The number of esters is 1. The van der Waals surface area contributed by atoms with Gasteiger partial charge in [0.25, 0.3) is 5.91 Å². The van der Waals surface area contributed by atoms with Gasteiger partial charge in [0.05, 0.1) is 6.61 Å². The Morgan fingerprint density at radius 3 is 2.33 bits per heavy atom. The average Bonchev–Trinajstić information content (AvgIpc) is 2.43. The summed E-state index contributed by atoms with van der Waals surface area (Å²) < 4.78 is 4.80. The Balaban J connectivity index is 2.73. The van der Waals surface area contributed by atoms with Crippen molar-refractivity contribution in [2.24, 2.45) is 5.41 Å². The highest BCUT2D eigenvalue weighted by atomic mass is 16.5. The lowest BCUT2D eigenvalue weighted by atomic mass is 9.96. The van der Waals surface area contributed by atoms with E-state index in [0.29, 0.717) is 0 Å². The van der Waals surface area contributed by atoms with Crippen LogP contribution in [0.1, 0.15) is 48.7 Å². The zero-order valence-electron chi connectivity index (χ0n) is 12.5. The molecule has 1 rings (SSSR count). The van der Waals surface area contributed by atoms with Crippen LogP contribution < -0.4 is 10.9 Å². The number of hydrogen-bond donors (Lipinski definition) is 2. The first-order valence-corrected chi connectivity index (χ1v) is 6.50. The number of ether oxygens (including phenoxy) is 1. The second-order valence-electron chi connectivity index (χ2n) is 5.29. The number of aromatic nitrogens is 1. The third-order valence-corrected chi connectivity index (χ3v) is 2.44. The summed E-state index contributed by atoms with van der Waals surface area (Å²) >= 11 is 0. The molecule has 0 unspecified atom stereocenters. The number of nitrogens with one attached hydrogen (secondary N) is 2. The van der Waals surface area contributed by atoms with Gasteiger partial charge in [-0.05, 0) is 19.1 Å². The van der Waals surface area contributed by atoms with Crippen molar-refractivity contribution in [2.45, 2.75) is 27.7 Å². The van der Waals surface area contributed by atoms with Crippen molar-refractivity contribution < 1.29 is 19.1 Å². The monoisotopic (exact) mass is 293 g/mol. The zero-order chi connectivity index (χ0) is 16.0. The number of carbonyl (C=O) groups is 3. The lowest BCUT2D eigenvalue weighted by molar-refractivity contribution is -0.129. The lowest BCUT2D eigenvalue weighted by Crippen LogP contribution is -2.46. The molecule has 0 radical (unpaired) electrons. The maximum atomic E-state index is 11.9. The van der Waals surface area contributed by atoms with E-state index in [1.165, 1.54) is 18.2 Å². The van der Waals surface area contributed by atoms with Gasteiger partial charge < -0.3 is 4.74 Å². The molecule has 1 aromatic rings. The lowest BCUT2D eigenvalue weighted by Gasteiger charge is -2.17. The predicted molar refractivity (Wildman–Crippen MR) is 75.3 cm³/mol. The van der Waals surface area contributed by atoms with Gasteiger partial charge in [-0.2, -0.15) is 0 Å². The van der Waals surface area contributed by atoms with Gasteiger partial charge in [-0.1, -0.05) is 26.8 Å². The van der Waals surface area contributed by atoms with Gasteiger partial charge >= 0.3 is 5.97 Å². The largest absolute Gasteiger partial charge is 0.461 e. The first-order chi connectivity index (χ1) is 9.75. The third-order valence-electron chi connectivity index (χ3n) is 2.44. The minimum atomic E-state index is -0.631. The van der Waals surface area contributed by atoms with Crippen LogP contribution in [0.5, 0.6) is 0 Å². The minimum Gasteiger partial charge on any atom is -0.461 e. The summed E-state index contributed by atoms with van der Waals surface area (Å²) in [6.45, 7) is 7.05. The average molecular weight is 293 g/mol. The highest BCUT2D eigenvalue weighted by molar-refractivity contribution is 5.95. The molecular formula is C14H19N3O4. The summed E-state index contributed by atoms with van der Waals surface area (Å²) in [5.74, 6) is -1.55. The SMILES string of the molecule is CCOC(=O)c1cccc(C(=O)NNC(=O)C(C)(C)C)n1. The van der Waals surface area contributed by atoms with Gasteiger partial charge in [0.1, 0.15) is 11.4 Å². The van der Waals surface area contributed by atoms with E-state index in [0.717, 1.165) is 0 Å². The molecule has 1 heterocycles. The van der Waals surface area contributed by atoms with Crippen molar-refractivity contribution in [3.63, 3.8) is 0 Å². The van der Waals surface area contributed by atoms with E-state index in [1.807, 2.05) is 0 Å². The quantitative estimate of drug-likeness (QED) is 0.641. The van der Waals surface area contributed by atoms with E-state index < -0.39 is 17.3 Å². The standard InChI is InChI=1S/C14H19N3O4/c1-5-21-12(19)10-8-6-7-9(15-10)11(18)16-17-13(20)14(2,3)4/h6-8H,5H2,1-4H3,(H,16,18)(H,17,20). The fourth-order valence-electron chi connectivity index (χ4n) is 1.24. The van der Waals surface area contributed by atoms with E-state index in [2.05, 4.69) is 15.8 Å². The van der Waals surface area contributed by atoms with Crippen molar-refractivity contribution in [3.05, 3.63) is 29.6 Å². The summed E-state index contributed by atoms with van der Waals surface area (Å²) in [5.41, 5.74) is 3.96. The Morgan fingerprint density at radius 2 is 1.76 bits per heavy atom. The van der Waals surface area contributed by atoms with Crippen LogP contribution in [0.4, 0.5) is 0 Å². The first kappa shape index (κ1) is 16.6. The molecule has 0 aliphatic heterocycles. The molecule has 0 aliphatic rings. The molecule has 1 aromatic heterocycles. The van der Waals surface area contributed by atoms with Crippen LogP contribution in [0, 0.1) is 5.41 Å². The van der Waals surface area contributed by atoms with Gasteiger partial charge in [-0.25, -0.2) is 9.78 Å². The molecule has 0 saturated carbocycles. The molecule has 7 heteroatoms. The molecule has 2 N–H and O–H groups in total. The number of amides is 2. The number of carbonyl (C=O) groups excluding carboxylic acids is 3. The van der Waals surface area contributed by atoms with Crippen LogP contribution >= 0.6 is 0 Å². The fourth-order valence-corrected chi connectivity index (χ4v) is 1.24. The van der Waals surface area contributed by atoms with E-state index in [1.54, 1.807) is 27.7 Å². The maximum absolute atomic E-state index is 11.9. The van der Waals surface area contributed by atoms with Gasteiger partial charge in [-0.3, -0.25) is 20.4 Å². The molecule has 0 bridgehead atoms. The normalized spacial score (nSPS) is 10.7. The molecular weight excluding hydrogens is 274 g/mol. The molecule has 0 atom stereocenters. The molecule has 21 heavy (non-hydrogen) atoms. The molecule has 114 valence electrons. The predicted octanol–water partition coefficient (Wildman–Crippen LogP) is 1.07. The summed E-state index contributed by atoms with van der Waals surface area (Å²) in [6.07, 6.45) is 0. The van der Waals surface area contributed by atoms with Crippen molar-refractivity contribution in [2.75, 3.05) is 6.61 Å². The van der Waals surface area contributed by atoms with Crippen LogP contribution in [0.3, 0.4) is 0 Å². The smallest absolute Gasteiger partial charge is 0.356 e. The summed E-state index contributed by atoms with van der Waals surface area (Å²) in [5, 5.41) is 0. The second kappa shape index (κ2) is 6.83. The van der Waals surface area contributed by atoms with Crippen molar-refractivity contribution in [3.8, 4) is 0 Å². The molecule has 0 fully saturated rings. The van der Waals surface area contributed by atoms with Crippen LogP contribution in [-0.4, -0.2) is 29.4 Å². The highest BCUT2D eigenvalue weighted by Crippen LogP contribution is 2.11. The molecule has 0 aromatic carbocycles. The molecule has 0 spiro atoms. The number of pyridine rings is 1. The van der Waals surface area contributed by atoms with Gasteiger partial charge in [-0.15, -0.1) is 0 Å². The van der Waals surface area contributed by atoms with E-state index in [-0.39, 0.29) is 23.9 Å². The van der Waals surface area contributed by atoms with Crippen molar-refractivity contribution in [1.29, 1.82) is 0 Å². The Morgan fingerprint density at radius 1 is 1.14 bits per heavy atom. The van der Waals surface area contributed by atoms with Gasteiger partial charge in [0, 0.05) is 5.41 Å². The van der Waals surface area contributed by atoms with Crippen LogP contribution in [0.25, 0.3) is 0 Å². The summed E-state index contributed by atoms with van der Waals surface area (Å²) in [7, 11) is 0. The maximum Gasteiger partial charge on any atom is 0.356 e. The van der Waals surface area contributed by atoms with E-state index >= 15 is 0 Å². The molecule has 2 amide bonds. The number of hydrogen-bond acceptors (Lipinski definition) is 5. The molecule has 0 saturated heterocycles. The van der Waals surface area contributed by atoms with Crippen molar-refractivity contribution in [1.82, 2.24) is 15.8 Å². The zero-order valence-corrected chi connectivity index (χ0v) is 12.5.